The number of amides is 5. The number of guanidine groups is 1. The Balaban J connectivity index is 3.19. The van der Waals surface area contributed by atoms with E-state index in [2.05, 4.69) is 41.5 Å². The molecule has 0 spiro atoms. The van der Waals surface area contributed by atoms with E-state index in [4.69, 9.17) is 17.2 Å². The van der Waals surface area contributed by atoms with E-state index in [0.29, 0.717) is 11.4 Å². The highest BCUT2D eigenvalue weighted by Crippen LogP contribution is 2.09. The van der Waals surface area contributed by atoms with Crippen molar-refractivity contribution in [1.29, 1.82) is 0 Å². The lowest BCUT2D eigenvalue weighted by Crippen LogP contribution is -2.60. The molecule has 15 N–H and O–H groups in total. The second-order valence-electron chi connectivity index (χ2n) is 12.2. The third-order valence-electron chi connectivity index (χ3n) is 7.39. The van der Waals surface area contributed by atoms with Crippen LogP contribution in [0.1, 0.15) is 52.1 Å². The number of carbonyl (C=O) groups is 6. The third-order valence-corrected chi connectivity index (χ3v) is 8.04. The number of carboxylic acids is 1. The lowest BCUT2D eigenvalue weighted by Gasteiger charge is -2.27. The van der Waals surface area contributed by atoms with Gasteiger partial charge >= 0.3 is 5.97 Å². The molecule has 1 aromatic rings. The maximum Gasteiger partial charge on any atom is 0.326 e. The van der Waals surface area contributed by atoms with Gasteiger partial charge in [-0.25, -0.2) is 9.78 Å². The SMILES string of the molecule is CSCC[C@H](NC(=O)[C@H](CO)NC(=O)[C@H](Cc1cnc[nH]1)NC(=O)[C@@H](N)[C@@H](C)O)C(=O)N[C@@H](CCCN=C(N)N)C(=O)N[C@@H](CC(C)C)C(=O)O. The quantitative estimate of drug-likeness (QED) is 0.0273. The summed E-state index contributed by atoms with van der Waals surface area (Å²) >= 11 is 1.37. The van der Waals surface area contributed by atoms with Crippen LogP contribution in [-0.2, 0) is 35.2 Å². The first kappa shape index (κ1) is 44.6. The normalized spacial score (nSPS) is 15.2. The summed E-state index contributed by atoms with van der Waals surface area (Å²) in [6, 6.07) is -7.97. The van der Waals surface area contributed by atoms with Crippen LogP contribution in [0.2, 0.25) is 0 Å². The number of aromatic nitrogens is 2. The topological polar surface area (TPSA) is 342 Å². The number of nitrogens with zero attached hydrogens (tertiary/aromatic N) is 2. The van der Waals surface area contributed by atoms with Crippen LogP contribution in [0.15, 0.2) is 17.5 Å². The Kier molecular flexibility index (Phi) is 20.2. The monoisotopic (exact) mass is 743 g/mol. The van der Waals surface area contributed by atoms with Gasteiger partial charge < -0.3 is 64.1 Å². The molecular weight excluding hydrogens is 690 g/mol. The minimum Gasteiger partial charge on any atom is -0.480 e. The fourth-order valence-electron chi connectivity index (χ4n) is 4.57. The summed E-state index contributed by atoms with van der Waals surface area (Å²) in [5.74, 6) is -5.34. The molecule has 0 unspecified atom stereocenters. The highest BCUT2D eigenvalue weighted by Gasteiger charge is 2.33. The Hall–Kier alpha value is -4.47. The van der Waals surface area contributed by atoms with Gasteiger partial charge in [0, 0.05) is 24.9 Å². The standard InChI is InChI=1S/C30H53N11O9S/c1-15(2)10-21(29(49)50)40-24(44)18(6-5-8-35-30(32)33)37-25(45)19(7-9-51-4)38-27(47)22(13-42)41-26(46)20(11-17-12-34-14-36-17)39-28(48)23(31)16(3)43/h12,14-16,18-23,42-43H,5-11,13,31H2,1-4H3,(H,34,36)(H,37,45)(H,38,47)(H,39,48)(H,40,44)(H,41,46)(H,49,50)(H4,32,33,35)/t16-,18+,19+,20+,21+,22+,23+/m1/s1. The van der Waals surface area contributed by atoms with Gasteiger partial charge in [0.2, 0.25) is 29.5 Å². The molecule has 20 nitrogen and oxygen atoms in total. The van der Waals surface area contributed by atoms with Gasteiger partial charge in [-0.2, -0.15) is 11.8 Å². The van der Waals surface area contributed by atoms with E-state index in [1.165, 1.54) is 31.2 Å². The fraction of sp³-hybridized carbons (Fsp3) is 0.667. The highest BCUT2D eigenvalue weighted by molar-refractivity contribution is 7.98. The third kappa shape index (κ3) is 16.9. The molecule has 0 aliphatic rings. The lowest BCUT2D eigenvalue weighted by atomic mass is 10.0. The number of carbonyl (C=O) groups excluding carboxylic acids is 5. The molecule has 51 heavy (non-hydrogen) atoms. The molecule has 0 saturated heterocycles. The van der Waals surface area contributed by atoms with Crippen molar-refractivity contribution in [2.75, 3.05) is 25.2 Å². The van der Waals surface area contributed by atoms with Gasteiger partial charge in [-0.05, 0) is 50.5 Å². The molecule has 1 heterocycles. The number of nitrogens with two attached hydrogens (primary N) is 3. The molecule has 0 radical (unpaired) electrons. The van der Waals surface area contributed by atoms with Crippen LogP contribution in [-0.4, -0.2) is 134 Å². The van der Waals surface area contributed by atoms with Crippen molar-refractivity contribution >= 4 is 53.2 Å². The van der Waals surface area contributed by atoms with Crippen molar-refractivity contribution in [3.05, 3.63) is 18.2 Å². The predicted molar refractivity (Wildman–Crippen MR) is 189 cm³/mol. The van der Waals surface area contributed by atoms with Crippen molar-refractivity contribution < 1.29 is 44.1 Å². The van der Waals surface area contributed by atoms with Crippen LogP contribution >= 0.6 is 11.8 Å². The average Bonchev–Trinajstić information content (AvgIpc) is 3.58. The number of rotatable bonds is 24. The summed E-state index contributed by atoms with van der Waals surface area (Å²) in [4.78, 5) is 88.4. The number of aliphatic hydroxyl groups is 2. The van der Waals surface area contributed by atoms with Crippen LogP contribution in [0.25, 0.3) is 0 Å². The van der Waals surface area contributed by atoms with Gasteiger partial charge in [-0.1, -0.05) is 13.8 Å². The average molecular weight is 744 g/mol. The predicted octanol–water partition coefficient (Wildman–Crippen LogP) is -3.99. The lowest BCUT2D eigenvalue weighted by molar-refractivity contribution is -0.143. The molecule has 0 bridgehead atoms. The Morgan fingerprint density at radius 1 is 0.863 bits per heavy atom. The van der Waals surface area contributed by atoms with Crippen molar-refractivity contribution in [3.8, 4) is 0 Å². The van der Waals surface area contributed by atoms with Crippen LogP contribution in [0.5, 0.6) is 0 Å². The molecule has 0 fully saturated rings. The molecule has 5 amide bonds. The molecule has 0 aliphatic heterocycles. The van der Waals surface area contributed by atoms with Crippen LogP contribution in [0.4, 0.5) is 0 Å². The summed E-state index contributed by atoms with van der Waals surface area (Å²) in [5.41, 5.74) is 16.9. The van der Waals surface area contributed by atoms with Gasteiger partial charge in [0.1, 0.15) is 36.3 Å². The zero-order valence-electron chi connectivity index (χ0n) is 29.3. The van der Waals surface area contributed by atoms with E-state index in [1.807, 2.05) is 0 Å². The summed E-state index contributed by atoms with van der Waals surface area (Å²) in [6.07, 6.45) is 3.65. The Morgan fingerprint density at radius 3 is 1.88 bits per heavy atom. The maximum atomic E-state index is 13.6. The van der Waals surface area contributed by atoms with Crippen LogP contribution in [0.3, 0.4) is 0 Å². The minimum absolute atomic E-state index is 0.0169. The van der Waals surface area contributed by atoms with E-state index in [-0.39, 0.29) is 50.5 Å². The number of hydrogen-bond acceptors (Lipinski definition) is 12. The molecule has 0 aromatic carbocycles. The number of aromatic amines is 1. The number of aliphatic imine (C=N–C) groups is 1. The first-order chi connectivity index (χ1) is 24.0. The first-order valence-corrected chi connectivity index (χ1v) is 17.7. The second kappa shape index (κ2) is 23.1. The molecular formula is C30H53N11O9S. The largest absolute Gasteiger partial charge is 0.480 e. The molecule has 21 heteroatoms. The molecule has 0 saturated carbocycles. The van der Waals surface area contributed by atoms with Gasteiger partial charge in [0.15, 0.2) is 5.96 Å². The number of imidazole rings is 1. The zero-order chi connectivity index (χ0) is 38.7. The van der Waals surface area contributed by atoms with E-state index in [9.17, 15) is 44.1 Å². The fourth-order valence-corrected chi connectivity index (χ4v) is 5.04. The summed E-state index contributed by atoms with van der Waals surface area (Å²) < 4.78 is 0. The Labute approximate surface area is 300 Å². The molecule has 1 rings (SSSR count). The van der Waals surface area contributed by atoms with E-state index in [1.54, 1.807) is 20.1 Å². The van der Waals surface area contributed by atoms with Crippen molar-refractivity contribution in [1.82, 2.24) is 36.6 Å². The van der Waals surface area contributed by atoms with Crippen LogP contribution < -0.4 is 43.8 Å². The minimum atomic E-state index is -1.58. The molecule has 7 atom stereocenters. The smallest absolute Gasteiger partial charge is 0.326 e. The number of hydrogen-bond donors (Lipinski definition) is 12. The Bertz CT molecular complexity index is 1310. The highest BCUT2D eigenvalue weighted by atomic mass is 32.2. The molecule has 1 aromatic heterocycles. The zero-order valence-corrected chi connectivity index (χ0v) is 30.1. The number of aliphatic carboxylic acids is 1. The Morgan fingerprint density at radius 2 is 1.39 bits per heavy atom. The van der Waals surface area contributed by atoms with Gasteiger partial charge in [0.25, 0.3) is 0 Å². The number of thioether (sulfide) groups is 1. The van der Waals surface area contributed by atoms with E-state index >= 15 is 0 Å². The summed E-state index contributed by atoms with van der Waals surface area (Å²) in [6.45, 7) is 4.11. The number of aliphatic hydroxyl groups excluding tert-OH is 2. The van der Waals surface area contributed by atoms with Gasteiger partial charge in [0.05, 0.1) is 19.0 Å². The summed E-state index contributed by atoms with van der Waals surface area (Å²) in [7, 11) is 0. The van der Waals surface area contributed by atoms with Gasteiger partial charge in [-0.15, -0.1) is 0 Å². The first-order valence-electron chi connectivity index (χ1n) is 16.3. The van der Waals surface area contributed by atoms with Crippen molar-refractivity contribution in [3.63, 3.8) is 0 Å². The van der Waals surface area contributed by atoms with Crippen molar-refractivity contribution in [2.24, 2.45) is 28.1 Å². The van der Waals surface area contributed by atoms with E-state index in [0.717, 1.165) is 0 Å². The summed E-state index contributed by atoms with van der Waals surface area (Å²) in [5, 5.41) is 41.7. The van der Waals surface area contributed by atoms with Crippen molar-refractivity contribution in [2.45, 2.75) is 95.2 Å². The second-order valence-corrected chi connectivity index (χ2v) is 13.2. The van der Waals surface area contributed by atoms with Gasteiger partial charge in [-0.3, -0.25) is 29.0 Å². The number of H-pyrrole nitrogens is 1. The number of carboxylic acid groups (broad SMARTS) is 1. The van der Waals surface area contributed by atoms with E-state index < -0.39 is 84.5 Å². The maximum absolute atomic E-state index is 13.6. The van der Waals surface area contributed by atoms with Crippen LogP contribution in [0, 0.1) is 5.92 Å². The molecule has 288 valence electrons. The molecule has 0 aliphatic carbocycles. The number of nitrogens with one attached hydrogen (secondary N) is 6.